The summed E-state index contributed by atoms with van der Waals surface area (Å²) in [5, 5.41) is 13.7. The molecule has 2 heterocycles. The number of aromatic nitrogens is 2. The number of sulfonamides is 1. The first kappa shape index (κ1) is 20.5. The van der Waals surface area contributed by atoms with Gasteiger partial charge in [0.1, 0.15) is 0 Å². The maximum Gasteiger partial charge on any atom is 0.280 e. The number of primary sulfonamides is 1. The van der Waals surface area contributed by atoms with Crippen LogP contribution in [0.5, 0.6) is 0 Å². The number of aryl methyl sites for hydroxylation is 1. The van der Waals surface area contributed by atoms with Gasteiger partial charge >= 0.3 is 0 Å². The number of nitrogens with zero attached hydrogens (tertiary/aromatic N) is 3. The zero-order valence-corrected chi connectivity index (χ0v) is 17.6. The lowest BCUT2D eigenvalue weighted by Gasteiger charge is -2.10. The molecule has 0 fully saturated rings. The zero-order valence-electron chi connectivity index (χ0n) is 16.7. The van der Waals surface area contributed by atoms with Crippen molar-refractivity contribution in [3.63, 3.8) is 0 Å². The van der Waals surface area contributed by atoms with Gasteiger partial charge in [0.05, 0.1) is 33.1 Å². The van der Waals surface area contributed by atoms with Crippen LogP contribution in [0.2, 0.25) is 0 Å². The summed E-state index contributed by atoms with van der Waals surface area (Å²) in [4.78, 5) is 25.9. The Labute approximate surface area is 178 Å². The normalized spacial score (nSPS) is 15.6. The van der Waals surface area contributed by atoms with E-state index in [0.29, 0.717) is 33.9 Å². The topological polar surface area (TPSA) is 131 Å². The number of hydrogen-bond acceptors (Lipinski definition) is 5. The summed E-state index contributed by atoms with van der Waals surface area (Å²) >= 11 is 0. The van der Waals surface area contributed by atoms with E-state index in [1.54, 1.807) is 26.0 Å². The molecule has 3 aromatic rings. The van der Waals surface area contributed by atoms with Crippen LogP contribution in [-0.4, -0.2) is 29.8 Å². The van der Waals surface area contributed by atoms with Gasteiger partial charge in [-0.1, -0.05) is 18.2 Å². The van der Waals surface area contributed by atoms with E-state index in [1.807, 2.05) is 18.2 Å². The molecule has 31 heavy (non-hydrogen) atoms. The Kier molecular flexibility index (Phi) is 4.96. The second-order valence-corrected chi connectivity index (χ2v) is 8.59. The van der Waals surface area contributed by atoms with Crippen LogP contribution >= 0.6 is 0 Å². The molecule has 10 heteroatoms. The lowest BCUT2D eigenvalue weighted by atomic mass is 10.1. The molecule has 0 atom stereocenters. The van der Waals surface area contributed by atoms with Crippen molar-refractivity contribution in [3.05, 3.63) is 81.8 Å². The highest BCUT2D eigenvalue weighted by Crippen LogP contribution is 2.24. The fourth-order valence-electron chi connectivity index (χ4n) is 3.27. The van der Waals surface area contributed by atoms with Crippen molar-refractivity contribution in [2.45, 2.75) is 18.7 Å². The molecule has 1 aromatic heterocycles. The summed E-state index contributed by atoms with van der Waals surface area (Å²) in [6, 6.07) is 14.6. The van der Waals surface area contributed by atoms with E-state index < -0.39 is 10.0 Å². The smallest absolute Gasteiger partial charge is 0.280 e. The van der Waals surface area contributed by atoms with Gasteiger partial charge in [0, 0.05) is 5.69 Å². The van der Waals surface area contributed by atoms with E-state index >= 15 is 0 Å². The van der Waals surface area contributed by atoms with Gasteiger partial charge in [0.2, 0.25) is 10.0 Å². The Hall–Kier alpha value is -3.76. The minimum atomic E-state index is -3.83. The molecule has 2 aromatic carbocycles. The van der Waals surface area contributed by atoms with Gasteiger partial charge in [-0.3, -0.25) is 14.7 Å². The van der Waals surface area contributed by atoms with Gasteiger partial charge in [0.15, 0.2) is 0 Å². The highest BCUT2D eigenvalue weighted by atomic mass is 32.2. The molecule has 0 unspecified atom stereocenters. The lowest BCUT2D eigenvalue weighted by molar-refractivity contribution is -0.114. The molecule has 1 amide bonds. The van der Waals surface area contributed by atoms with Crippen molar-refractivity contribution in [1.29, 1.82) is 0 Å². The predicted molar refractivity (Wildman–Crippen MR) is 118 cm³/mol. The second kappa shape index (κ2) is 7.49. The van der Waals surface area contributed by atoms with Crippen LogP contribution in [0.25, 0.3) is 11.8 Å². The molecule has 0 radical (unpaired) electrons. The van der Waals surface area contributed by atoms with Gasteiger partial charge in [-0.05, 0) is 56.3 Å². The number of carbonyl (C=O) groups is 1. The number of benzene rings is 2. The van der Waals surface area contributed by atoms with Crippen LogP contribution in [0.1, 0.15) is 18.2 Å². The van der Waals surface area contributed by atoms with Gasteiger partial charge in [-0.15, -0.1) is 0 Å². The van der Waals surface area contributed by atoms with Crippen molar-refractivity contribution in [2.24, 2.45) is 10.2 Å². The first-order chi connectivity index (χ1) is 14.7. The molecule has 1 aliphatic heterocycles. The molecule has 0 spiro atoms. The number of amides is 1. The van der Waals surface area contributed by atoms with Crippen LogP contribution in [0.15, 0.2) is 75.0 Å². The molecule has 0 aliphatic carbocycles. The van der Waals surface area contributed by atoms with Crippen molar-refractivity contribution in [1.82, 2.24) is 9.78 Å². The molecule has 1 aliphatic rings. The van der Waals surface area contributed by atoms with Crippen LogP contribution in [0.4, 0.5) is 5.69 Å². The molecule has 0 saturated carbocycles. The summed E-state index contributed by atoms with van der Waals surface area (Å²) in [6.07, 6.45) is 1.52. The number of nitrogens with two attached hydrogens (primary N) is 1. The van der Waals surface area contributed by atoms with Crippen LogP contribution in [-0.2, 0) is 14.8 Å². The Bertz CT molecular complexity index is 1400. The van der Waals surface area contributed by atoms with Crippen LogP contribution in [0.3, 0.4) is 0 Å². The van der Waals surface area contributed by atoms with Gasteiger partial charge in [-0.2, -0.15) is 10.1 Å². The third-order valence-corrected chi connectivity index (χ3v) is 5.82. The molecular weight excluding hydrogens is 418 g/mol. The molecule has 3 N–H and O–H groups in total. The Morgan fingerprint density at radius 1 is 0.968 bits per heavy atom. The predicted octanol–water partition coefficient (Wildman–Crippen LogP) is 1.93. The number of rotatable bonds is 4. The number of carbonyl (C=O) groups excluding carboxylic acids is 1. The fraction of sp³-hybridized carbons (Fsp3) is 0.0952. The summed E-state index contributed by atoms with van der Waals surface area (Å²) in [5.41, 5.74) is 2.35. The monoisotopic (exact) mass is 437 g/mol. The quantitative estimate of drug-likeness (QED) is 0.604. The maximum absolute atomic E-state index is 13.0. The molecule has 4 rings (SSSR count). The summed E-state index contributed by atoms with van der Waals surface area (Å²) in [7, 11) is -3.83. The van der Waals surface area contributed by atoms with E-state index in [2.05, 4.69) is 10.2 Å². The number of anilines is 1. The highest BCUT2D eigenvalue weighted by Gasteiger charge is 2.29. The number of hydrazone groups is 1. The summed E-state index contributed by atoms with van der Waals surface area (Å²) < 4.78 is 24.1. The van der Waals surface area contributed by atoms with E-state index in [0.717, 1.165) is 0 Å². The first-order valence-electron chi connectivity index (χ1n) is 9.28. The second-order valence-electron chi connectivity index (χ2n) is 7.03. The Balaban J connectivity index is 1.72. The van der Waals surface area contributed by atoms with E-state index in [4.69, 9.17) is 5.14 Å². The van der Waals surface area contributed by atoms with Crippen molar-refractivity contribution < 1.29 is 13.2 Å². The summed E-state index contributed by atoms with van der Waals surface area (Å²) in [5.74, 6) is -0.326. The highest BCUT2D eigenvalue weighted by molar-refractivity contribution is 7.89. The fourth-order valence-corrected chi connectivity index (χ4v) is 3.78. The maximum atomic E-state index is 13.0. The average Bonchev–Trinajstić information content (AvgIpc) is 3.19. The number of aromatic amines is 1. The van der Waals surface area contributed by atoms with E-state index in [9.17, 15) is 18.0 Å². The lowest BCUT2D eigenvalue weighted by Crippen LogP contribution is -2.21. The van der Waals surface area contributed by atoms with E-state index in [-0.39, 0.29) is 16.4 Å². The van der Waals surface area contributed by atoms with Crippen molar-refractivity contribution in [2.75, 3.05) is 5.01 Å². The number of H-pyrrole nitrogens is 1. The molecule has 9 nitrogen and oxygen atoms in total. The minimum Gasteiger partial charge on any atom is -0.295 e. The third kappa shape index (κ3) is 3.74. The number of hydrogen-bond donors (Lipinski definition) is 2. The van der Waals surface area contributed by atoms with Crippen molar-refractivity contribution in [3.8, 4) is 5.69 Å². The first-order valence-corrected chi connectivity index (χ1v) is 10.8. The SMILES string of the molecule is CC1=NN(c2ccccc2)C(=O)C1=Cc1c(C)[nH]n(-c2ccc(S(N)(=O)=O)cc2)c1=O. The Morgan fingerprint density at radius 2 is 1.61 bits per heavy atom. The summed E-state index contributed by atoms with van der Waals surface area (Å²) in [6.45, 7) is 3.42. The van der Waals surface area contributed by atoms with Gasteiger partial charge in [0.25, 0.3) is 11.5 Å². The number of nitrogens with one attached hydrogen (secondary N) is 1. The Morgan fingerprint density at radius 3 is 2.23 bits per heavy atom. The standard InChI is InChI=1S/C21H19N5O4S/c1-13-18(20(27)25(23-13)15-6-4-3-5-7-15)12-19-14(2)24-26(21(19)28)16-8-10-17(11-9-16)31(22,29)30/h3-12,24H,1-2H3,(H2,22,29,30). The molecule has 0 saturated heterocycles. The largest absolute Gasteiger partial charge is 0.295 e. The molecular formula is C21H19N5O4S. The number of para-hydroxylation sites is 1. The van der Waals surface area contributed by atoms with Crippen LogP contribution < -0.4 is 15.7 Å². The molecule has 158 valence electrons. The van der Waals surface area contributed by atoms with Gasteiger partial charge in [-0.25, -0.2) is 18.2 Å². The average molecular weight is 437 g/mol. The zero-order chi connectivity index (χ0) is 22.3. The van der Waals surface area contributed by atoms with Crippen LogP contribution in [0, 0.1) is 6.92 Å². The van der Waals surface area contributed by atoms with Crippen molar-refractivity contribution >= 4 is 33.4 Å². The van der Waals surface area contributed by atoms with Gasteiger partial charge < -0.3 is 0 Å². The molecule has 0 bridgehead atoms. The third-order valence-electron chi connectivity index (χ3n) is 4.89. The van der Waals surface area contributed by atoms with E-state index in [1.165, 1.54) is 40.0 Å². The minimum absolute atomic E-state index is 0.0562.